The zero-order chi connectivity index (χ0) is 22.2. The second kappa shape index (κ2) is 7.97. The molecular formula is C22H21N7O2S. The number of fused-ring (bicyclic) bond motifs is 1. The van der Waals surface area contributed by atoms with Gasteiger partial charge in [-0.05, 0) is 56.2 Å². The summed E-state index contributed by atoms with van der Waals surface area (Å²) in [7, 11) is 0. The van der Waals surface area contributed by atoms with Crippen LogP contribution in [0, 0.1) is 20.8 Å². The number of benzene rings is 2. The van der Waals surface area contributed by atoms with E-state index in [-0.39, 0.29) is 0 Å². The first-order valence-corrected chi connectivity index (χ1v) is 11.1. The van der Waals surface area contributed by atoms with Crippen LogP contribution < -0.4 is 8.91 Å². The summed E-state index contributed by atoms with van der Waals surface area (Å²) in [6, 6.07) is 15.0. The Morgan fingerprint density at radius 3 is 2.78 bits per heavy atom. The lowest BCUT2D eigenvalue weighted by molar-refractivity contribution is 0.563. The minimum atomic E-state index is -1.75. The van der Waals surface area contributed by atoms with Crippen LogP contribution in [0.3, 0.4) is 0 Å². The summed E-state index contributed by atoms with van der Waals surface area (Å²) >= 11 is -1.75. The highest BCUT2D eigenvalue weighted by molar-refractivity contribution is 7.81. The van der Waals surface area contributed by atoms with Gasteiger partial charge in [-0.3, -0.25) is 9.82 Å². The molecule has 0 aliphatic heterocycles. The minimum absolute atomic E-state index is 0.537. The molecule has 1 atom stereocenters. The van der Waals surface area contributed by atoms with E-state index in [1.807, 2.05) is 75.5 Å². The summed E-state index contributed by atoms with van der Waals surface area (Å²) in [6.07, 6.45) is 3.58. The molecule has 9 nitrogen and oxygen atoms in total. The van der Waals surface area contributed by atoms with E-state index in [4.69, 9.17) is 9.17 Å². The van der Waals surface area contributed by atoms with Gasteiger partial charge in [0, 0.05) is 18.0 Å². The Balaban J connectivity index is 1.40. The largest absolute Gasteiger partial charge is 0.385 e. The van der Waals surface area contributed by atoms with Crippen LogP contribution in [0.2, 0.25) is 0 Å². The number of anilines is 1. The summed E-state index contributed by atoms with van der Waals surface area (Å²) in [4.78, 5) is 4.69. The summed E-state index contributed by atoms with van der Waals surface area (Å²) in [5.41, 5.74) is 5.78. The molecule has 0 aliphatic carbocycles. The van der Waals surface area contributed by atoms with Gasteiger partial charge in [0.2, 0.25) is 5.65 Å². The van der Waals surface area contributed by atoms with Crippen molar-refractivity contribution in [1.29, 1.82) is 0 Å². The van der Waals surface area contributed by atoms with Crippen molar-refractivity contribution < 1.29 is 8.39 Å². The average molecular weight is 448 g/mol. The van der Waals surface area contributed by atoms with E-state index in [2.05, 4.69) is 20.0 Å². The summed E-state index contributed by atoms with van der Waals surface area (Å²) in [6.45, 7) is 5.82. The maximum Gasteiger partial charge on any atom is 0.316 e. The van der Waals surface area contributed by atoms with Crippen molar-refractivity contribution in [2.24, 2.45) is 0 Å². The number of H-pyrrole nitrogens is 1. The lowest BCUT2D eigenvalue weighted by atomic mass is 10.1. The summed E-state index contributed by atoms with van der Waals surface area (Å²) in [5.74, 6) is 1.12. The predicted octanol–water partition coefficient (Wildman–Crippen LogP) is 3.90. The lowest BCUT2D eigenvalue weighted by Crippen LogP contribution is -2.11. The number of aryl methyl sites for hydroxylation is 3. The summed E-state index contributed by atoms with van der Waals surface area (Å²) < 4.78 is 24.4. The van der Waals surface area contributed by atoms with Crippen LogP contribution in [0.15, 0.2) is 60.9 Å². The molecule has 0 aliphatic rings. The zero-order valence-corrected chi connectivity index (χ0v) is 18.6. The van der Waals surface area contributed by atoms with Crippen molar-refractivity contribution in [2.75, 3.05) is 4.72 Å². The maximum absolute atomic E-state index is 12.5. The van der Waals surface area contributed by atoms with Crippen LogP contribution in [-0.4, -0.2) is 33.8 Å². The van der Waals surface area contributed by atoms with Gasteiger partial charge in [-0.1, -0.05) is 24.3 Å². The molecule has 3 heterocycles. The molecule has 2 aromatic carbocycles. The zero-order valence-electron chi connectivity index (χ0n) is 17.7. The quantitative estimate of drug-likeness (QED) is 0.411. The summed E-state index contributed by atoms with van der Waals surface area (Å²) in [5, 5.41) is 12.0. The third-order valence-corrected chi connectivity index (χ3v) is 5.75. The van der Waals surface area contributed by atoms with E-state index in [1.165, 1.54) is 0 Å². The van der Waals surface area contributed by atoms with E-state index < -0.39 is 11.3 Å². The van der Waals surface area contributed by atoms with Gasteiger partial charge in [0.05, 0.1) is 11.4 Å². The molecule has 0 amide bonds. The molecule has 3 aromatic heterocycles. The molecular weight excluding hydrogens is 426 g/mol. The highest BCUT2D eigenvalue weighted by atomic mass is 32.2. The Hall–Kier alpha value is -3.92. The molecule has 162 valence electrons. The molecule has 0 bridgehead atoms. The molecule has 5 aromatic rings. The standard InChI is InChI=1S/C22H21N7O2S/c1-14-8-9-15(2)19(12-14)31-32(30)27-18-7-4-6-17(13-18)21-24-22-20(28-11-5-10-23-28)16(3)25-29(22)26-21/h4-13,25,27H,1-3H3. The van der Waals surface area contributed by atoms with Gasteiger partial charge in [-0.25, -0.2) is 9.67 Å². The molecule has 0 saturated heterocycles. The predicted molar refractivity (Wildman–Crippen MR) is 123 cm³/mol. The van der Waals surface area contributed by atoms with E-state index >= 15 is 0 Å². The highest BCUT2D eigenvalue weighted by Crippen LogP contribution is 2.25. The van der Waals surface area contributed by atoms with Crippen molar-refractivity contribution >= 4 is 22.6 Å². The first-order valence-electron chi connectivity index (χ1n) is 9.98. The third kappa shape index (κ3) is 3.76. The van der Waals surface area contributed by atoms with Crippen LogP contribution >= 0.6 is 0 Å². The van der Waals surface area contributed by atoms with Crippen molar-refractivity contribution in [1.82, 2.24) is 29.6 Å². The second-order valence-corrected chi connectivity index (χ2v) is 8.32. The van der Waals surface area contributed by atoms with Crippen molar-refractivity contribution in [2.45, 2.75) is 20.8 Å². The number of aromatic amines is 1. The Kier molecular flexibility index (Phi) is 4.98. The van der Waals surface area contributed by atoms with Gasteiger partial charge < -0.3 is 4.18 Å². The van der Waals surface area contributed by atoms with E-state index in [9.17, 15) is 4.21 Å². The molecule has 0 radical (unpaired) electrons. The SMILES string of the molecule is Cc1ccc(C)c(OS(=O)Nc2cccc(-c3nc4c(-n5cccn5)c(C)[nH]n4n3)c2)c1. The molecule has 1 unspecified atom stereocenters. The van der Waals surface area contributed by atoms with Crippen LogP contribution in [0.5, 0.6) is 5.75 Å². The fourth-order valence-electron chi connectivity index (χ4n) is 3.44. The Labute approximate surface area is 186 Å². The first kappa shape index (κ1) is 20.0. The molecule has 0 saturated carbocycles. The van der Waals surface area contributed by atoms with Gasteiger partial charge in [0.25, 0.3) is 0 Å². The van der Waals surface area contributed by atoms with Crippen LogP contribution in [0.1, 0.15) is 16.8 Å². The molecule has 5 rings (SSSR count). The van der Waals surface area contributed by atoms with E-state index in [1.54, 1.807) is 15.5 Å². The van der Waals surface area contributed by atoms with Crippen molar-refractivity contribution in [3.05, 3.63) is 77.7 Å². The topological polar surface area (TPSA) is 102 Å². The number of hydrogen-bond acceptors (Lipinski definition) is 5. The molecule has 10 heteroatoms. The Morgan fingerprint density at radius 2 is 1.97 bits per heavy atom. The number of hydrogen-bond donors (Lipinski definition) is 2. The van der Waals surface area contributed by atoms with Crippen molar-refractivity contribution in [3.63, 3.8) is 0 Å². The van der Waals surface area contributed by atoms with Gasteiger partial charge in [-0.15, -0.1) is 5.10 Å². The molecule has 32 heavy (non-hydrogen) atoms. The smallest absolute Gasteiger partial charge is 0.316 e. The monoisotopic (exact) mass is 447 g/mol. The Bertz CT molecular complexity index is 1440. The Morgan fingerprint density at radius 1 is 1.09 bits per heavy atom. The molecule has 2 N–H and O–H groups in total. The highest BCUT2D eigenvalue weighted by Gasteiger charge is 2.17. The third-order valence-electron chi connectivity index (χ3n) is 5.01. The number of nitrogens with zero attached hydrogens (tertiary/aromatic N) is 5. The van der Waals surface area contributed by atoms with E-state index in [0.29, 0.717) is 22.9 Å². The fraction of sp³-hybridized carbons (Fsp3) is 0.136. The molecule has 0 spiro atoms. The number of nitrogens with one attached hydrogen (secondary N) is 2. The van der Waals surface area contributed by atoms with Gasteiger partial charge in [0.15, 0.2) is 5.82 Å². The second-order valence-electron chi connectivity index (χ2n) is 7.48. The van der Waals surface area contributed by atoms with Gasteiger partial charge in [0.1, 0.15) is 11.4 Å². The van der Waals surface area contributed by atoms with Crippen LogP contribution in [-0.2, 0) is 11.3 Å². The minimum Gasteiger partial charge on any atom is -0.385 e. The lowest BCUT2D eigenvalue weighted by Gasteiger charge is -2.10. The van der Waals surface area contributed by atoms with Crippen LogP contribution in [0.4, 0.5) is 5.69 Å². The molecule has 0 fully saturated rings. The van der Waals surface area contributed by atoms with Crippen LogP contribution in [0.25, 0.3) is 22.7 Å². The maximum atomic E-state index is 12.5. The first-order chi connectivity index (χ1) is 15.5. The normalized spacial score (nSPS) is 12.2. The van der Waals surface area contributed by atoms with Gasteiger partial charge >= 0.3 is 11.3 Å². The number of rotatable bonds is 6. The number of aromatic nitrogens is 6. The van der Waals surface area contributed by atoms with Crippen molar-refractivity contribution in [3.8, 4) is 22.8 Å². The van der Waals surface area contributed by atoms with Gasteiger partial charge in [-0.2, -0.15) is 13.9 Å². The van der Waals surface area contributed by atoms with E-state index in [0.717, 1.165) is 28.1 Å². The fourth-order valence-corrected chi connectivity index (χ4v) is 4.14. The average Bonchev–Trinajstić information content (AvgIpc) is 3.47.